The number of carbonyl (C=O) groups is 1. The lowest BCUT2D eigenvalue weighted by Gasteiger charge is -2.06. The average molecular weight is 296 g/mol. The minimum absolute atomic E-state index is 0.0458. The largest absolute Gasteiger partial charge is 0.375 e. The predicted octanol–water partition coefficient (Wildman–Crippen LogP) is 3.59. The normalized spacial score (nSPS) is 10.6. The molecule has 0 saturated heterocycles. The van der Waals surface area contributed by atoms with E-state index >= 15 is 0 Å². The highest BCUT2D eigenvalue weighted by molar-refractivity contribution is 7.10. The summed E-state index contributed by atoms with van der Waals surface area (Å²) in [5.74, 6) is -1.22. The van der Waals surface area contributed by atoms with Gasteiger partial charge in [0.05, 0.1) is 11.3 Å². The van der Waals surface area contributed by atoms with Gasteiger partial charge in [-0.1, -0.05) is 0 Å². The Labute approximate surface area is 119 Å². The van der Waals surface area contributed by atoms with Crippen molar-refractivity contribution < 1.29 is 13.6 Å². The first-order valence-corrected chi connectivity index (χ1v) is 6.90. The van der Waals surface area contributed by atoms with Crippen molar-refractivity contribution in [2.24, 2.45) is 0 Å². The van der Waals surface area contributed by atoms with Gasteiger partial charge in [0.25, 0.3) is 0 Å². The summed E-state index contributed by atoms with van der Waals surface area (Å²) in [7, 11) is 0. The molecule has 0 fully saturated rings. The number of anilines is 1. The van der Waals surface area contributed by atoms with E-state index in [1.54, 1.807) is 6.92 Å². The molecule has 0 spiro atoms. The molecule has 3 nitrogen and oxygen atoms in total. The number of hydrogen-bond acceptors (Lipinski definition) is 4. The predicted molar refractivity (Wildman–Crippen MR) is 75.4 cm³/mol. The number of rotatable bonds is 5. The maximum absolute atomic E-state index is 13.0. The first-order valence-electron chi connectivity index (χ1n) is 6.13. The highest BCUT2D eigenvalue weighted by Gasteiger charge is 2.14. The van der Waals surface area contributed by atoms with Crippen LogP contribution in [0.2, 0.25) is 0 Å². The molecular weight excluding hydrogens is 282 g/mol. The molecular formula is C14H14F2N2OS. The minimum Gasteiger partial charge on any atom is -0.375 e. The number of benzene rings is 1. The van der Waals surface area contributed by atoms with Gasteiger partial charge in [-0.3, -0.25) is 4.79 Å². The molecule has 2 rings (SSSR count). The van der Waals surface area contributed by atoms with Crippen LogP contribution >= 0.6 is 11.5 Å². The molecule has 0 unspecified atom stereocenters. The second kappa shape index (κ2) is 6.09. The van der Waals surface area contributed by atoms with E-state index in [0.29, 0.717) is 34.8 Å². The fraction of sp³-hybridized carbons (Fsp3) is 0.286. The van der Waals surface area contributed by atoms with Gasteiger partial charge in [0.2, 0.25) is 0 Å². The Bertz CT molecular complexity index is 620. The maximum atomic E-state index is 13.0. The lowest BCUT2D eigenvalue weighted by atomic mass is 10.1. The van der Waals surface area contributed by atoms with E-state index in [9.17, 15) is 13.6 Å². The second-order valence-corrected chi connectivity index (χ2v) is 5.26. The van der Waals surface area contributed by atoms with Crippen LogP contribution in [-0.2, 0) is 6.42 Å². The van der Waals surface area contributed by atoms with Crippen molar-refractivity contribution in [2.75, 3.05) is 11.9 Å². The van der Waals surface area contributed by atoms with Crippen molar-refractivity contribution in [1.82, 2.24) is 4.37 Å². The zero-order valence-corrected chi connectivity index (χ0v) is 12.0. The number of carbonyl (C=O) groups excluding carboxylic acids is 1. The smallest absolute Gasteiger partial charge is 0.164 e. The van der Waals surface area contributed by atoms with Crippen LogP contribution in [0.3, 0.4) is 0 Å². The summed E-state index contributed by atoms with van der Waals surface area (Å²) in [6, 6.07) is 3.44. The van der Waals surface area contributed by atoms with Gasteiger partial charge in [0, 0.05) is 12.6 Å². The van der Waals surface area contributed by atoms with E-state index in [2.05, 4.69) is 9.69 Å². The van der Waals surface area contributed by atoms with Gasteiger partial charge in [-0.15, -0.1) is 0 Å². The molecule has 1 aromatic heterocycles. The van der Waals surface area contributed by atoms with Gasteiger partial charge in [-0.2, -0.15) is 4.37 Å². The fourth-order valence-corrected chi connectivity index (χ4v) is 2.85. The minimum atomic E-state index is -0.585. The van der Waals surface area contributed by atoms with Crippen LogP contribution in [0.25, 0.3) is 0 Å². The third kappa shape index (κ3) is 3.39. The summed E-state index contributed by atoms with van der Waals surface area (Å²) < 4.78 is 30.2. The Morgan fingerprint density at radius 3 is 2.55 bits per heavy atom. The third-order valence-electron chi connectivity index (χ3n) is 2.84. The molecule has 1 N–H and O–H groups in total. The summed E-state index contributed by atoms with van der Waals surface area (Å²) in [4.78, 5) is 11.5. The Kier molecular flexibility index (Phi) is 4.44. The van der Waals surface area contributed by atoms with Crippen molar-refractivity contribution in [2.45, 2.75) is 20.3 Å². The van der Waals surface area contributed by atoms with E-state index in [0.717, 1.165) is 6.07 Å². The molecule has 106 valence electrons. The Hall–Kier alpha value is -1.82. The fourth-order valence-electron chi connectivity index (χ4n) is 1.98. The zero-order chi connectivity index (χ0) is 14.7. The Morgan fingerprint density at radius 1 is 1.30 bits per heavy atom. The topological polar surface area (TPSA) is 42.0 Å². The van der Waals surface area contributed by atoms with E-state index < -0.39 is 11.6 Å². The number of hydrogen-bond donors (Lipinski definition) is 1. The van der Waals surface area contributed by atoms with Crippen molar-refractivity contribution in [3.05, 3.63) is 46.7 Å². The first kappa shape index (κ1) is 14.6. The summed E-state index contributed by atoms with van der Waals surface area (Å²) in [5, 5.41) is 3.79. The first-order chi connectivity index (χ1) is 9.47. The number of Topliss-reactive ketones (excluding diaryl/α,β-unsaturated/α-hetero) is 1. The summed E-state index contributed by atoms with van der Waals surface area (Å²) >= 11 is 1.22. The SMILES string of the molecule is CC(=O)c1c(C)nsc1NCCc1cc(F)cc(F)c1. The number of halogens is 2. The van der Waals surface area contributed by atoms with Gasteiger partial charge in [0.15, 0.2) is 5.78 Å². The highest BCUT2D eigenvalue weighted by atomic mass is 32.1. The van der Waals surface area contributed by atoms with Crippen molar-refractivity contribution in [3.63, 3.8) is 0 Å². The maximum Gasteiger partial charge on any atom is 0.164 e. The van der Waals surface area contributed by atoms with E-state index in [4.69, 9.17) is 0 Å². The molecule has 6 heteroatoms. The van der Waals surface area contributed by atoms with Crippen LogP contribution in [0.4, 0.5) is 13.8 Å². The molecule has 2 aromatic rings. The van der Waals surface area contributed by atoms with Gasteiger partial charge >= 0.3 is 0 Å². The quantitative estimate of drug-likeness (QED) is 0.857. The van der Waals surface area contributed by atoms with Gasteiger partial charge in [-0.05, 0) is 49.5 Å². The van der Waals surface area contributed by atoms with Crippen molar-refractivity contribution in [1.29, 1.82) is 0 Å². The van der Waals surface area contributed by atoms with Crippen molar-refractivity contribution >= 4 is 22.3 Å². The van der Waals surface area contributed by atoms with Crippen LogP contribution in [0.5, 0.6) is 0 Å². The highest BCUT2D eigenvalue weighted by Crippen LogP contribution is 2.24. The van der Waals surface area contributed by atoms with Crippen LogP contribution in [0.1, 0.15) is 28.5 Å². The van der Waals surface area contributed by atoms with E-state index in [1.165, 1.54) is 30.6 Å². The second-order valence-electron chi connectivity index (χ2n) is 4.48. The Morgan fingerprint density at radius 2 is 1.95 bits per heavy atom. The summed E-state index contributed by atoms with van der Waals surface area (Å²) in [5.41, 5.74) is 1.85. The number of ketones is 1. The molecule has 1 heterocycles. The van der Waals surface area contributed by atoms with Crippen molar-refractivity contribution in [3.8, 4) is 0 Å². The third-order valence-corrected chi connectivity index (χ3v) is 3.73. The molecule has 0 saturated carbocycles. The molecule has 0 aliphatic heterocycles. The molecule has 0 radical (unpaired) electrons. The van der Waals surface area contributed by atoms with E-state index in [-0.39, 0.29) is 5.78 Å². The van der Waals surface area contributed by atoms with Crippen LogP contribution < -0.4 is 5.32 Å². The number of aryl methyl sites for hydroxylation is 1. The zero-order valence-electron chi connectivity index (χ0n) is 11.2. The molecule has 0 amide bonds. The summed E-state index contributed by atoms with van der Waals surface area (Å²) in [6.07, 6.45) is 0.461. The summed E-state index contributed by atoms with van der Waals surface area (Å²) in [6.45, 7) is 3.75. The van der Waals surface area contributed by atoms with E-state index in [1.807, 2.05) is 0 Å². The standard InChI is InChI=1S/C14H14F2N2OS/c1-8-13(9(2)19)14(20-18-8)17-4-3-10-5-11(15)7-12(16)6-10/h5-7,17H,3-4H2,1-2H3. The number of nitrogens with zero attached hydrogens (tertiary/aromatic N) is 1. The number of nitrogens with one attached hydrogen (secondary N) is 1. The van der Waals surface area contributed by atoms with Gasteiger partial charge in [-0.25, -0.2) is 8.78 Å². The molecule has 20 heavy (non-hydrogen) atoms. The number of aromatic nitrogens is 1. The molecule has 0 atom stereocenters. The van der Waals surface area contributed by atoms with Gasteiger partial charge < -0.3 is 5.32 Å². The van der Waals surface area contributed by atoms with Crippen LogP contribution in [-0.4, -0.2) is 16.7 Å². The average Bonchev–Trinajstić information content (AvgIpc) is 2.69. The van der Waals surface area contributed by atoms with Crippen LogP contribution in [0, 0.1) is 18.6 Å². The molecule has 0 aliphatic carbocycles. The molecule has 1 aromatic carbocycles. The molecule has 0 bridgehead atoms. The lowest BCUT2D eigenvalue weighted by molar-refractivity contribution is 0.101. The van der Waals surface area contributed by atoms with Crippen LogP contribution in [0.15, 0.2) is 18.2 Å². The molecule has 0 aliphatic rings. The van der Waals surface area contributed by atoms with Gasteiger partial charge in [0.1, 0.15) is 16.6 Å². The lowest BCUT2D eigenvalue weighted by Crippen LogP contribution is -2.07. The Balaban J connectivity index is 2.01. The monoisotopic (exact) mass is 296 g/mol.